The zero-order valence-electron chi connectivity index (χ0n) is 11.3. The number of anilines is 1. The van der Waals surface area contributed by atoms with Crippen molar-refractivity contribution in [3.8, 4) is 0 Å². The van der Waals surface area contributed by atoms with Gasteiger partial charge in [-0.05, 0) is 38.4 Å². The van der Waals surface area contributed by atoms with Gasteiger partial charge in [0.15, 0.2) is 0 Å². The summed E-state index contributed by atoms with van der Waals surface area (Å²) in [5.41, 5.74) is 0. The highest BCUT2D eigenvalue weighted by Gasteiger charge is 2.19. The lowest BCUT2D eigenvalue weighted by Gasteiger charge is -2.31. The average molecular weight is 248 g/mol. The Morgan fingerprint density at radius 2 is 2.28 bits per heavy atom. The molecule has 1 saturated heterocycles. The molecule has 2 heterocycles. The van der Waals surface area contributed by atoms with Gasteiger partial charge >= 0.3 is 0 Å². The summed E-state index contributed by atoms with van der Waals surface area (Å²) in [4.78, 5) is 6.87. The fraction of sp³-hybridized carbons (Fsp3) is 0.643. The molecule has 0 radical (unpaired) electrons. The third-order valence-electron chi connectivity index (χ3n) is 3.73. The van der Waals surface area contributed by atoms with E-state index in [1.165, 1.54) is 32.5 Å². The van der Waals surface area contributed by atoms with Crippen LogP contribution in [0.25, 0.3) is 0 Å². The van der Waals surface area contributed by atoms with E-state index in [0.717, 1.165) is 25.0 Å². The zero-order chi connectivity index (χ0) is 12.8. The Balaban J connectivity index is 1.86. The predicted molar refractivity (Wildman–Crippen MR) is 75.8 cm³/mol. The normalized spacial score (nSPS) is 17.8. The Morgan fingerprint density at radius 3 is 2.94 bits per heavy atom. The summed E-state index contributed by atoms with van der Waals surface area (Å²) in [6, 6.07) is 0. The van der Waals surface area contributed by atoms with E-state index in [2.05, 4.69) is 39.5 Å². The minimum atomic E-state index is 0.769. The van der Waals surface area contributed by atoms with E-state index in [1.807, 2.05) is 12.3 Å². The first-order valence-corrected chi connectivity index (χ1v) is 6.91. The number of piperidine rings is 1. The molecule has 1 aromatic heterocycles. The predicted octanol–water partition coefficient (Wildman–Crippen LogP) is 2.21. The van der Waals surface area contributed by atoms with E-state index in [0.29, 0.717) is 0 Å². The number of imidazole rings is 1. The number of aromatic nitrogens is 2. The zero-order valence-corrected chi connectivity index (χ0v) is 11.3. The molecule has 0 bridgehead atoms. The smallest absolute Gasteiger partial charge is 0.203 e. The number of hydrogen-bond donors (Lipinski definition) is 1. The summed E-state index contributed by atoms with van der Waals surface area (Å²) in [6.45, 7) is 11.5. The van der Waals surface area contributed by atoms with Crippen LogP contribution in [-0.4, -0.2) is 40.6 Å². The molecule has 18 heavy (non-hydrogen) atoms. The average Bonchev–Trinajstić information content (AvgIpc) is 2.84. The van der Waals surface area contributed by atoms with Crippen molar-refractivity contribution in [1.82, 2.24) is 14.5 Å². The lowest BCUT2D eigenvalue weighted by molar-refractivity contribution is 0.181. The van der Waals surface area contributed by atoms with Crippen LogP contribution in [0.1, 0.15) is 19.8 Å². The Morgan fingerprint density at radius 1 is 1.50 bits per heavy atom. The van der Waals surface area contributed by atoms with Crippen LogP contribution >= 0.6 is 0 Å². The van der Waals surface area contributed by atoms with Crippen molar-refractivity contribution in [2.24, 2.45) is 5.92 Å². The lowest BCUT2D eigenvalue weighted by Crippen LogP contribution is -2.34. The van der Waals surface area contributed by atoms with Crippen molar-refractivity contribution in [3.63, 3.8) is 0 Å². The molecular weight excluding hydrogens is 224 g/mol. The maximum atomic E-state index is 4.34. The van der Waals surface area contributed by atoms with E-state index in [9.17, 15) is 0 Å². The summed E-state index contributed by atoms with van der Waals surface area (Å²) in [5.74, 6) is 1.75. The molecule has 1 aliphatic heterocycles. The third-order valence-corrected chi connectivity index (χ3v) is 3.73. The number of nitrogens with zero attached hydrogens (tertiary/aromatic N) is 3. The van der Waals surface area contributed by atoms with Gasteiger partial charge in [-0.1, -0.05) is 13.0 Å². The van der Waals surface area contributed by atoms with Crippen molar-refractivity contribution >= 4 is 5.95 Å². The van der Waals surface area contributed by atoms with Gasteiger partial charge in [0.05, 0.1) is 0 Å². The SMILES string of the molecule is C=CCNc1nccn1CC1CCN(CC)CC1. The van der Waals surface area contributed by atoms with E-state index in [1.54, 1.807) is 0 Å². The van der Waals surface area contributed by atoms with Gasteiger partial charge in [-0.15, -0.1) is 6.58 Å². The van der Waals surface area contributed by atoms with Gasteiger partial charge in [0.2, 0.25) is 5.95 Å². The summed E-state index contributed by atoms with van der Waals surface area (Å²) < 4.78 is 2.23. The van der Waals surface area contributed by atoms with Crippen LogP contribution in [-0.2, 0) is 6.54 Å². The topological polar surface area (TPSA) is 33.1 Å². The minimum absolute atomic E-state index is 0.769. The van der Waals surface area contributed by atoms with Crippen LogP contribution in [0.3, 0.4) is 0 Å². The van der Waals surface area contributed by atoms with Crippen molar-refractivity contribution in [2.75, 3.05) is 31.5 Å². The molecule has 0 spiro atoms. The molecule has 2 rings (SSSR count). The van der Waals surface area contributed by atoms with Crippen LogP contribution in [0.15, 0.2) is 25.0 Å². The molecule has 1 aromatic rings. The van der Waals surface area contributed by atoms with E-state index < -0.39 is 0 Å². The van der Waals surface area contributed by atoms with Crippen LogP contribution in [0.2, 0.25) is 0 Å². The third kappa shape index (κ3) is 3.35. The summed E-state index contributed by atoms with van der Waals surface area (Å²) in [7, 11) is 0. The standard InChI is InChI=1S/C14H24N4/c1-3-7-15-14-16-8-11-18(14)12-13-5-9-17(4-2)10-6-13/h3,8,11,13H,1,4-7,9-10,12H2,2H3,(H,15,16). The molecule has 0 amide bonds. The Hall–Kier alpha value is -1.29. The lowest BCUT2D eigenvalue weighted by atomic mass is 9.97. The fourth-order valence-electron chi connectivity index (χ4n) is 2.55. The van der Waals surface area contributed by atoms with Gasteiger partial charge in [-0.3, -0.25) is 0 Å². The largest absolute Gasteiger partial charge is 0.352 e. The number of likely N-dealkylation sites (tertiary alicyclic amines) is 1. The second-order valence-corrected chi connectivity index (χ2v) is 4.95. The van der Waals surface area contributed by atoms with E-state index in [-0.39, 0.29) is 0 Å². The Bertz CT molecular complexity index is 364. The molecule has 0 aliphatic carbocycles. The summed E-state index contributed by atoms with van der Waals surface area (Å²) in [6.07, 6.45) is 8.39. The van der Waals surface area contributed by atoms with Crippen molar-refractivity contribution in [3.05, 3.63) is 25.0 Å². The Labute approximate surface area is 110 Å². The monoisotopic (exact) mass is 248 g/mol. The highest BCUT2D eigenvalue weighted by Crippen LogP contribution is 2.20. The quantitative estimate of drug-likeness (QED) is 0.784. The van der Waals surface area contributed by atoms with Crippen molar-refractivity contribution < 1.29 is 0 Å². The van der Waals surface area contributed by atoms with Gasteiger partial charge in [0, 0.05) is 25.5 Å². The molecule has 0 unspecified atom stereocenters. The van der Waals surface area contributed by atoms with Gasteiger partial charge in [-0.2, -0.15) is 0 Å². The van der Waals surface area contributed by atoms with Gasteiger partial charge in [0.25, 0.3) is 0 Å². The molecule has 4 heteroatoms. The van der Waals surface area contributed by atoms with Crippen LogP contribution in [0, 0.1) is 5.92 Å². The first-order chi connectivity index (χ1) is 8.83. The summed E-state index contributed by atoms with van der Waals surface area (Å²) >= 11 is 0. The molecule has 1 fully saturated rings. The molecule has 0 saturated carbocycles. The van der Waals surface area contributed by atoms with Crippen LogP contribution in [0.5, 0.6) is 0 Å². The highest BCUT2D eigenvalue weighted by atomic mass is 15.2. The highest BCUT2D eigenvalue weighted by molar-refractivity contribution is 5.26. The first-order valence-electron chi connectivity index (χ1n) is 6.91. The summed E-state index contributed by atoms with van der Waals surface area (Å²) in [5, 5.41) is 3.28. The number of nitrogens with one attached hydrogen (secondary N) is 1. The molecule has 4 nitrogen and oxygen atoms in total. The van der Waals surface area contributed by atoms with Crippen molar-refractivity contribution in [2.45, 2.75) is 26.3 Å². The fourth-order valence-corrected chi connectivity index (χ4v) is 2.55. The second-order valence-electron chi connectivity index (χ2n) is 4.95. The first kappa shape index (κ1) is 13.1. The second kappa shape index (κ2) is 6.59. The van der Waals surface area contributed by atoms with Gasteiger partial charge < -0.3 is 14.8 Å². The van der Waals surface area contributed by atoms with Crippen LogP contribution in [0.4, 0.5) is 5.95 Å². The molecule has 1 aliphatic rings. The maximum absolute atomic E-state index is 4.34. The minimum Gasteiger partial charge on any atom is -0.352 e. The van der Waals surface area contributed by atoms with Crippen LogP contribution < -0.4 is 5.32 Å². The van der Waals surface area contributed by atoms with Gasteiger partial charge in [0.1, 0.15) is 0 Å². The van der Waals surface area contributed by atoms with E-state index >= 15 is 0 Å². The molecule has 100 valence electrons. The molecular formula is C14H24N4. The van der Waals surface area contributed by atoms with Gasteiger partial charge in [-0.25, -0.2) is 4.98 Å². The number of rotatable bonds is 6. The number of hydrogen-bond acceptors (Lipinski definition) is 3. The molecule has 0 aromatic carbocycles. The Kier molecular flexibility index (Phi) is 4.81. The van der Waals surface area contributed by atoms with Crippen molar-refractivity contribution in [1.29, 1.82) is 0 Å². The molecule has 0 atom stereocenters. The molecule has 1 N–H and O–H groups in total. The van der Waals surface area contributed by atoms with E-state index in [4.69, 9.17) is 0 Å². The maximum Gasteiger partial charge on any atom is 0.203 e.